The molecule has 0 saturated heterocycles. The summed E-state index contributed by atoms with van der Waals surface area (Å²) in [6, 6.07) is 2.29. The number of rotatable bonds is 1. The largest absolute Gasteiger partial charge is 0.362 e. The van der Waals surface area contributed by atoms with E-state index in [1.807, 2.05) is 0 Å². The molecule has 0 atom stereocenters. The molecule has 1 heterocycles. The summed E-state index contributed by atoms with van der Waals surface area (Å²) in [7, 11) is 0. The van der Waals surface area contributed by atoms with E-state index in [9.17, 15) is 0 Å². The van der Waals surface area contributed by atoms with Crippen molar-refractivity contribution in [1.82, 2.24) is 4.98 Å². The lowest BCUT2D eigenvalue weighted by Crippen LogP contribution is -2.04. The van der Waals surface area contributed by atoms with Crippen molar-refractivity contribution < 1.29 is 0 Å². The van der Waals surface area contributed by atoms with Gasteiger partial charge in [-0.15, -0.1) is 0 Å². The first kappa shape index (κ1) is 5.10. The fourth-order valence-corrected chi connectivity index (χ4v) is 1.33. The second-order valence-electron chi connectivity index (χ2n) is 2.65. The predicted molar refractivity (Wildman–Crippen MR) is 37.6 cm³/mol. The average molecular weight is 121 g/mol. The number of aromatic amines is 1. The lowest BCUT2D eigenvalue weighted by atomic mass is 9.97. The minimum atomic E-state index is 1.15. The van der Waals surface area contributed by atoms with E-state index < -0.39 is 0 Å². The van der Waals surface area contributed by atoms with Gasteiger partial charge in [-0.3, -0.25) is 0 Å². The van der Waals surface area contributed by atoms with Gasteiger partial charge in [0, 0.05) is 11.4 Å². The third-order valence-corrected chi connectivity index (χ3v) is 2.07. The van der Waals surface area contributed by atoms with E-state index in [1.165, 1.54) is 24.2 Å². The van der Waals surface area contributed by atoms with Crippen LogP contribution in [0, 0.1) is 0 Å². The van der Waals surface area contributed by atoms with Crippen LogP contribution in [0.25, 0.3) is 0 Å². The fraction of sp³-hybridized carbons (Fsp3) is 0.500. The van der Waals surface area contributed by atoms with Crippen molar-refractivity contribution in [3.05, 3.63) is 23.0 Å². The maximum atomic E-state index is 3.38. The van der Waals surface area contributed by atoms with E-state index in [0.29, 0.717) is 0 Å². The lowest BCUT2D eigenvalue weighted by molar-refractivity contribution is 0.811. The van der Waals surface area contributed by atoms with E-state index in [0.717, 1.165) is 6.42 Å². The van der Waals surface area contributed by atoms with E-state index in [4.69, 9.17) is 0 Å². The topological polar surface area (TPSA) is 15.8 Å². The molecule has 1 aromatic heterocycles. The molecule has 0 amide bonds. The van der Waals surface area contributed by atoms with Gasteiger partial charge < -0.3 is 4.98 Å². The lowest BCUT2D eigenvalue weighted by Gasteiger charge is -2.10. The first-order valence-corrected chi connectivity index (χ1v) is 3.60. The highest BCUT2D eigenvalue weighted by molar-refractivity contribution is 5.33. The number of hydrogen-bond donors (Lipinski definition) is 1. The summed E-state index contributed by atoms with van der Waals surface area (Å²) >= 11 is 0. The van der Waals surface area contributed by atoms with E-state index in [-0.39, 0.29) is 0 Å². The molecule has 1 aliphatic carbocycles. The van der Waals surface area contributed by atoms with Crippen molar-refractivity contribution in [1.29, 1.82) is 0 Å². The van der Waals surface area contributed by atoms with Crippen molar-refractivity contribution in [2.24, 2.45) is 0 Å². The van der Waals surface area contributed by atoms with E-state index in [1.54, 1.807) is 5.56 Å². The highest BCUT2D eigenvalue weighted by atomic mass is 14.7. The highest BCUT2D eigenvalue weighted by Gasteiger charge is 2.14. The van der Waals surface area contributed by atoms with E-state index >= 15 is 0 Å². The molecule has 1 nitrogen and oxygen atoms in total. The number of aryl methyl sites for hydroxylation is 3. The Bertz CT molecular complexity index is 201. The van der Waals surface area contributed by atoms with Crippen LogP contribution in [0.4, 0.5) is 0 Å². The molecule has 0 aromatic carbocycles. The third kappa shape index (κ3) is 0.607. The zero-order valence-corrected chi connectivity index (χ0v) is 5.70. The van der Waals surface area contributed by atoms with Gasteiger partial charge in [0.1, 0.15) is 0 Å². The molecule has 1 aromatic rings. The molecule has 0 aliphatic heterocycles. The molecule has 48 valence electrons. The fourth-order valence-electron chi connectivity index (χ4n) is 1.33. The zero-order valence-electron chi connectivity index (χ0n) is 5.70. The molecule has 0 saturated carbocycles. The van der Waals surface area contributed by atoms with Gasteiger partial charge in [0.2, 0.25) is 0 Å². The highest BCUT2D eigenvalue weighted by Crippen LogP contribution is 2.22. The van der Waals surface area contributed by atoms with Gasteiger partial charge in [-0.2, -0.15) is 0 Å². The predicted octanol–water partition coefficient (Wildman–Crippen LogP) is 1.68. The molecule has 0 bridgehead atoms. The minimum Gasteiger partial charge on any atom is -0.362 e. The van der Waals surface area contributed by atoms with Gasteiger partial charge in [-0.05, 0) is 30.9 Å². The van der Waals surface area contributed by atoms with Crippen molar-refractivity contribution in [3.63, 3.8) is 0 Å². The summed E-state index contributed by atoms with van der Waals surface area (Å²) in [5, 5.41) is 0. The molecule has 0 unspecified atom stereocenters. The summed E-state index contributed by atoms with van der Waals surface area (Å²) in [6.07, 6.45) is 3.72. The standard InChI is InChI=1S/C8H11N/c1-2-7-5-6-3-4-8(6)9-7/h5,9H,2-4H2,1H3. The molecule has 0 fully saturated rings. The van der Waals surface area contributed by atoms with Crippen LogP contribution in [0.2, 0.25) is 0 Å². The van der Waals surface area contributed by atoms with Crippen molar-refractivity contribution in [2.75, 3.05) is 0 Å². The Morgan fingerprint density at radius 2 is 2.44 bits per heavy atom. The molecule has 0 spiro atoms. The Hall–Kier alpha value is -0.720. The first-order valence-electron chi connectivity index (χ1n) is 3.60. The van der Waals surface area contributed by atoms with Crippen LogP contribution in [0.5, 0.6) is 0 Å². The Labute approximate surface area is 55.1 Å². The molecule has 1 N–H and O–H groups in total. The maximum absolute atomic E-state index is 3.38. The van der Waals surface area contributed by atoms with Crippen molar-refractivity contribution >= 4 is 0 Å². The number of hydrogen-bond acceptors (Lipinski definition) is 0. The van der Waals surface area contributed by atoms with E-state index in [2.05, 4.69) is 18.0 Å². The molecule has 1 aliphatic rings. The van der Waals surface area contributed by atoms with Gasteiger partial charge in [0.25, 0.3) is 0 Å². The van der Waals surface area contributed by atoms with Crippen LogP contribution in [-0.2, 0) is 19.3 Å². The van der Waals surface area contributed by atoms with Gasteiger partial charge in [-0.25, -0.2) is 0 Å². The normalized spacial score (nSPS) is 14.8. The summed E-state index contributed by atoms with van der Waals surface area (Å²) in [5.74, 6) is 0. The summed E-state index contributed by atoms with van der Waals surface area (Å²) in [4.78, 5) is 3.38. The molecule has 0 radical (unpaired) electrons. The Morgan fingerprint density at radius 3 is 2.78 bits per heavy atom. The Balaban J connectivity index is 2.41. The number of aromatic nitrogens is 1. The summed E-state index contributed by atoms with van der Waals surface area (Å²) in [5.41, 5.74) is 4.43. The van der Waals surface area contributed by atoms with Crippen LogP contribution in [-0.4, -0.2) is 4.98 Å². The van der Waals surface area contributed by atoms with Crippen LogP contribution >= 0.6 is 0 Å². The van der Waals surface area contributed by atoms with Gasteiger partial charge in [0.05, 0.1) is 0 Å². The number of nitrogens with one attached hydrogen (secondary N) is 1. The van der Waals surface area contributed by atoms with Crippen LogP contribution in [0.3, 0.4) is 0 Å². The Morgan fingerprint density at radius 1 is 1.56 bits per heavy atom. The number of fused-ring (bicyclic) bond motifs is 1. The first-order chi connectivity index (χ1) is 4.40. The second kappa shape index (κ2) is 1.63. The smallest absolute Gasteiger partial charge is 0.0185 e. The van der Waals surface area contributed by atoms with Gasteiger partial charge in [-0.1, -0.05) is 6.92 Å². The summed E-state index contributed by atoms with van der Waals surface area (Å²) < 4.78 is 0. The molecular weight excluding hydrogens is 110 g/mol. The zero-order chi connectivity index (χ0) is 6.27. The minimum absolute atomic E-state index is 1.15. The summed E-state index contributed by atoms with van der Waals surface area (Å²) in [6.45, 7) is 2.19. The second-order valence-corrected chi connectivity index (χ2v) is 2.65. The third-order valence-electron chi connectivity index (χ3n) is 2.07. The Kier molecular flexibility index (Phi) is 0.922. The molecule has 9 heavy (non-hydrogen) atoms. The SMILES string of the molecule is CCc1cc2c([nH]1)CC2. The van der Waals surface area contributed by atoms with Gasteiger partial charge in [0.15, 0.2) is 0 Å². The number of H-pyrrole nitrogens is 1. The molecule has 2 rings (SSSR count). The quantitative estimate of drug-likeness (QED) is 0.581. The van der Waals surface area contributed by atoms with Crippen LogP contribution in [0.15, 0.2) is 6.07 Å². The molecule has 1 heteroatoms. The average Bonchev–Trinajstić information content (AvgIpc) is 2.10. The van der Waals surface area contributed by atoms with Crippen molar-refractivity contribution in [3.8, 4) is 0 Å². The van der Waals surface area contributed by atoms with Gasteiger partial charge >= 0.3 is 0 Å². The van der Waals surface area contributed by atoms with Crippen LogP contribution < -0.4 is 0 Å². The molecular formula is C8H11N. The van der Waals surface area contributed by atoms with Crippen molar-refractivity contribution in [2.45, 2.75) is 26.2 Å². The monoisotopic (exact) mass is 121 g/mol. The van der Waals surface area contributed by atoms with Crippen LogP contribution in [0.1, 0.15) is 23.9 Å². The maximum Gasteiger partial charge on any atom is 0.0185 e.